The number of non-ortho nitro benzene ring substituents is 1. The van der Waals surface area contributed by atoms with Crippen LogP contribution in [0.3, 0.4) is 0 Å². The van der Waals surface area contributed by atoms with Gasteiger partial charge >= 0.3 is 0 Å². The van der Waals surface area contributed by atoms with E-state index in [2.05, 4.69) is 5.32 Å². The molecule has 2 amide bonds. The summed E-state index contributed by atoms with van der Waals surface area (Å²) >= 11 is 1.29. The molecule has 0 saturated carbocycles. The predicted molar refractivity (Wildman–Crippen MR) is 111 cm³/mol. The molecule has 0 radical (unpaired) electrons. The third-order valence-corrected chi connectivity index (χ3v) is 5.24. The van der Waals surface area contributed by atoms with Crippen molar-refractivity contribution in [3.8, 4) is 0 Å². The number of hydrogen-bond acceptors (Lipinski definition) is 5. The Morgan fingerprint density at radius 2 is 1.82 bits per heavy atom. The van der Waals surface area contributed by atoms with Gasteiger partial charge in [-0.25, -0.2) is 0 Å². The fraction of sp³-hybridized carbons (Fsp3) is 0.300. The van der Waals surface area contributed by atoms with Gasteiger partial charge in [0, 0.05) is 29.8 Å². The Morgan fingerprint density at radius 1 is 1.18 bits per heavy atom. The summed E-state index contributed by atoms with van der Waals surface area (Å²) in [6.07, 6.45) is 0.800. The van der Waals surface area contributed by atoms with E-state index < -0.39 is 10.2 Å². The lowest BCUT2D eigenvalue weighted by Gasteiger charge is -2.21. The molecule has 0 aliphatic heterocycles. The van der Waals surface area contributed by atoms with E-state index in [-0.39, 0.29) is 24.0 Å². The molecular formula is C20H23N3O4S. The normalized spacial score (nSPS) is 11.5. The fourth-order valence-corrected chi connectivity index (χ4v) is 3.63. The molecule has 0 aliphatic rings. The zero-order valence-electron chi connectivity index (χ0n) is 16.0. The molecule has 148 valence electrons. The highest BCUT2D eigenvalue weighted by Gasteiger charge is 2.21. The van der Waals surface area contributed by atoms with Gasteiger partial charge in [0.15, 0.2) is 0 Å². The summed E-state index contributed by atoms with van der Waals surface area (Å²) < 4.78 is 0. The molecule has 1 N–H and O–H groups in total. The van der Waals surface area contributed by atoms with E-state index in [1.807, 2.05) is 31.2 Å². The largest absolute Gasteiger partial charge is 0.335 e. The number of aryl methyl sites for hydroxylation is 1. The third kappa shape index (κ3) is 5.82. The van der Waals surface area contributed by atoms with Crippen molar-refractivity contribution in [1.29, 1.82) is 0 Å². The molecule has 0 spiro atoms. The molecule has 0 heterocycles. The van der Waals surface area contributed by atoms with Gasteiger partial charge in [-0.2, -0.15) is 0 Å². The van der Waals surface area contributed by atoms with Gasteiger partial charge in [0.05, 0.1) is 16.7 Å². The minimum absolute atomic E-state index is 0.00415. The molecule has 0 bridgehead atoms. The van der Waals surface area contributed by atoms with Crippen LogP contribution in [0.15, 0.2) is 53.4 Å². The van der Waals surface area contributed by atoms with Crippen LogP contribution in [0.25, 0.3) is 0 Å². The first-order valence-electron chi connectivity index (χ1n) is 8.85. The number of nitrogens with zero attached hydrogens (tertiary/aromatic N) is 2. The second-order valence-electron chi connectivity index (χ2n) is 6.26. The molecule has 2 aromatic carbocycles. The molecule has 0 saturated heterocycles. The highest BCUT2D eigenvalue weighted by molar-refractivity contribution is 8.00. The quantitative estimate of drug-likeness (QED) is 0.413. The smallest absolute Gasteiger partial charge is 0.269 e. The van der Waals surface area contributed by atoms with Crippen LogP contribution in [0.1, 0.15) is 19.4 Å². The van der Waals surface area contributed by atoms with E-state index in [1.165, 1.54) is 28.8 Å². The lowest BCUT2D eigenvalue weighted by atomic mass is 10.1. The van der Waals surface area contributed by atoms with Gasteiger partial charge in [0.2, 0.25) is 11.8 Å². The van der Waals surface area contributed by atoms with Crippen molar-refractivity contribution in [2.75, 3.05) is 18.9 Å². The van der Waals surface area contributed by atoms with Crippen molar-refractivity contribution in [1.82, 2.24) is 4.90 Å². The Labute approximate surface area is 168 Å². The molecule has 28 heavy (non-hydrogen) atoms. The van der Waals surface area contributed by atoms with Crippen LogP contribution in [0, 0.1) is 10.1 Å². The molecule has 2 rings (SSSR count). The molecule has 1 atom stereocenters. The Kier molecular flexibility index (Phi) is 7.57. The number of thioether (sulfide) groups is 1. The molecular weight excluding hydrogens is 378 g/mol. The van der Waals surface area contributed by atoms with E-state index in [0.717, 1.165) is 22.6 Å². The second kappa shape index (κ2) is 9.89. The van der Waals surface area contributed by atoms with Crippen molar-refractivity contribution in [3.63, 3.8) is 0 Å². The maximum absolute atomic E-state index is 12.6. The molecule has 8 heteroatoms. The summed E-state index contributed by atoms with van der Waals surface area (Å²) in [5.41, 5.74) is 1.79. The molecule has 0 fully saturated rings. The minimum atomic E-state index is -0.466. The van der Waals surface area contributed by atoms with Crippen LogP contribution >= 0.6 is 11.8 Å². The number of nitro groups is 1. The summed E-state index contributed by atoms with van der Waals surface area (Å²) in [5, 5.41) is 13.1. The number of amides is 2. The molecule has 2 aromatic rings. The fourth-order valence-electron chi connectivity index (χ4n) is 2.64. The van der Waals surface area contributed by atoms with Gasteiger partial charge in [-0.1, -0.05) is 25.1 Å². The Bertz CT molecular complexity index is 855. The van der Waals surface area contributed by atoms with E-state index in [9.17, 15) is 19.7 Å². The number of para-hydroxylation sites is 1. The maximum Gasteiger partial charge on any atom is 0.269 e. The zero-order valence-corrected chi connectivity index (χ0v) is 16.9. The molecule has 7 nitrogen and oxygen atoms in total. The summed E-state index contributed by atoms with van der Waals surface area (Å²) in [6, 6.07) is 13.6. The van der Waals surface area contributed by atoms with Gasteiger partial charge in [-0.05, 0) is 37.1 Å². The van der Waals surface area contributed by atoms with E-state index >= 15 is 0 Å². The first-order chi connectivity index (χ1) is 13.3. The molecule has 0 aliphatic carbocycles. The Balaban J connectivity index is 1.91. The van der Waals surface area contributed by atoms with Crippen molar-refractivity contribution in [3.05, 3.63) is 64.2 Å². The lowest BCUT2D eigenvalue weighted by Crippen LogP contribution is -2.39. The Morgan fingerprint density at radius 3 is 2.43 bits per heavy atom. The van der Waals surface area contributed by atoms with Crippen molar-refractivity contribution >= 4 is 35.0 Å². The topological polar surface area (TPSA) is 92.6 Å². The van der Waals surface area contributed by atoms with Gasteiger partial charge in [-0.15, -0.1) is 11.8 Å². The number of carbonyl (C=O) groups is 2. The SMILES string of the molecule is CCc1ccccc1NC(=O)CN(C)C(=O)C(C)Sc1ccc([N+](=O)[O-])cc1. The van der Waals surface area contributed by atoms with Crippen molar-refractivity contribution in [2.24, 2.45) is 0 Å². The number of carbonyl (C=O) groups excluding carboxylic acids is 2. The van der Waals surface area contributed by atoms with Gasteiger partial charge in [0.25, 0.3) is 5.69 Å². The third-order valence-electron chi connectivity index (χ3n) is 4.14. The van der Waals surface area contributed by atoms with Crippen molar-refractivity contribution < 1.29 is 14.5 Å². The van der Waals surface area contributed by atoms with Crippen LogP contribution in [-0.2, 0) is 16.0 Å². The van der Waals surface area contributed by atoms with Gasteiger partial charge < -0.3 is 10.2 Å². The van der Waals surface area contributed by atoms with Crippen molar-refractivity contribution in [2.45, 2.75) is 30.4 Å². The van der Waals surface area contributed by atoms with E-state index in [4.69, 9.17) is 0 Å². The van der Waals surface area contributed by atoms with E-state index in [0.29, 0.717) is 0 Å². The van der Waals surface area contributed by atoms with Crippen LogP contribution in [0.4, 0.5) is 11.4 Å². The second-order valence-corrected chi connectivity index (χ2v) is 7.68. The number of likely N-dealkylation sites (N-methyl/N-ethyl adjacent to an activating group) is 1. The number of benzene rings is 2. The zero-order chi connectivity index (χ0) is 20.7. The number of hydrogen-bond donors (Lipinski definition) is 1. The van der Waals surface area contributed by atoms with Crippen LogP contribution in [0.2, 0.25) is 0 Å². The average Bonchev–Trinajstić information content (AvgIpc) is 2.68. The van der Waals surface area contributed by atoms with Crippen LogP contribution in [-0.4, -0.2) is 40.5 Å². The maximum atomic E-state index is 12.6. The highest BCUT2D eigenvalue weighted by Crippen LogP contribution is 2.26. The van der Waals surface area contributed by atoms with Gasteiger partial charge in [-0.3, -0.25) is 19.7 Å². The average molecular weight is 401 g/mol. The molecule has 1 unspecified atom stereocenters. The number of anilines is 1. The molecule has 0 aromatic heterocycles. The number of nitrogens with one attached hydrogen (secondary N) is 1. The summed E-state index contributed by atoms with van der Waals surface area (Å²) in [4.78, 5) is 37.2. The van der Waals surface area contributed by atoms with Crippen LogP contribution in [0.5, 0.6) is 0 Å². The van der Waals surface area contributed by atoms with Crippen LogP contribution < -0.4 is 5.32 Å². The minimum Gasteiger partial charge on any atom is -0.335 e. The van der Waals surface area contributed by atoms with E-state index in [1.54, 1.807) is 26.1 Å². The Hall–Kier alpha value is -2.87. The number of nitro benzene ring substituents is 1. The number of rotatable bonds is 8. The lowest BCUT2D eigenvalue weighted by molar-refractivity contribution is -0.384. The van der Waals surface area contributed by atoms with Gasteiger partial charge in [0.1, 0.15) is 0 Å². The first kappa shape index (κ1) is 21.4. The standard InChI is InChI=1S/C20H23N3O4S/c1-4-15-7-5-6-8-18(15)21-19(24)13-22(3)20(25)14(2)28-17-11-9-16(10-12-17)23(26)27/h5-12,14H,4,13H2,1-3H3,(H,21,24). The summed E-state index contributed by atoms with van der Waals surface area (Å²) in [6.45, 7) is 3.70. The monoisotopic (exact) mass is 401 g/mol. The first-order valence-corrected chi connectivity index (χ1v) is 9.73. The highest BCUT2D eigenvalue weighted by atomic mass is 32.2. The summed E-state index contributed by atoms with van der Waals surface area (Å²) in [5.74, 6) is -0.452. The summed E-state index contributed by atoms with van der Waals surface area (Å²) in [7, 11) is 1.58. The predicted octanol–water partition coefficient (Wildman–Crippen LogP) is 3.73.